The highest BCUT2D eigenvalue weighted by molar-refractivity contribution is 5.85. The number of amides is 1. The van der Waals surface area contributed by atoms with Crippen molar-refractivity contribution in [3.63, 3.8) is 0 Å². The van der Waals surface area contributed by atoms with E-state index in [2.05, 4.69) is 20.4 Å². The van der Waals surface area contributed by atoms with E-state index in [1.54, 1.807) is 22.0 Å². The van der Waals surface area contributed by atoms with Crippen LogP contribution in [0, 0.1) is 5.92 Å². The SMILES string of the molecule is Cn1cc(Nc2nccc(C3=C[C@@H]4CC[C@H](C3)N4C(=O)[C@@H]3CC3(F)F)n2)cn1. The van der Waals surface area contributed by atoms with Gasteiger partial charge in [0.15, 0.2) is 0 Å². The molecule has 1 N–H and O–H groups in total. The van der Waals surface area contributed by atoms with Crippen molar-refractivity contribution in [3.05, 3.63) is 36.4 Å². The lowest BCUT2D eigenvalue weighted by atomic mass is 9.98. The number of fused-ring (bicyclic) bond motifs is 2. The number of aryl methyl sites for hydroxylation is 1. The van der Waals surface area contributed by atoms with E-state index in [0.717, 1.165) is 29.8 Å². The van der Waals surface area contributed by atoms with Crippen LogP contribution >= 0.6 is 0 Å². The van der Waals surface area contributed by atoms with Crippen molar-refractivity contribution >= 4 is 23.1 Å². The molecule has 7 nitrogen and oxygen atoms in total. The number of aromatic nitrogens is 4. The first kappa shape index (κ1) is 17.3. The Hall–Kier alpha value is -2.84. The topological polar surface area (TPSA) is 75.9 Å². The Bertz CT molecular complexity index is 971. The van der Waals surface area contributed by atoms with Crippen molar-refractivity contribution in [2.24, 2.45) is 13.0 Å². The van der Waals surface area contributed by atoms with E-state index in [1.807, 2.05) is 25.4 Å². The van der Waals surface area contributed by atoms with Crippen LogP contribution in [0.1, 0.15) is 31.4 Å². The molecule has 5 rings (SSSR count). The Morgan fingerprint density at radius 3 is 2.86 bits per heavy atom. The summed E-state index contributed by atoms with van der Waals surface area (Å²) < 4.78 is 28.4. The molecule has 1 saturated carbocycles. The summed E-state index contributed by atoms with van der Waals surface area (Å²) in [6.07, 6.45) is 9.17. The summed E-state index contributed by atoms with van der Waals surface area (Å²) in [5.74, 6) is -3.87. The summed E-state index contributed by atoms with van der Waals surface area (Å²) >= 11 is 0. The van der Waals surface area contributed by atoms with Crippen LogP contribution < -0.4 is 5.32 Å². The molecule has 2 aromatic heterocycles. The van der Waals surface area contributed by atoms with Crippen molar-refractivity contribution in [1.82, 2.24) is 24.6 Å². The van der Waals surface area contributed by atoms with Crippen molar-refractivity contribution in [1.29, 1.82) is 0 Å². The van der Waals surface area contributed by atoms with Gasteiger partial charge in [-0.25, -0.2) is 18.7 Å². The van der Waals surface area contributed by atoms with Gasteiger partial charge in [0.2, 0.25) is 11.9 Å². The average molecular weight is 386 g/mol. The molecule has 2 bridgehead atoms. The van der Waals surface area contributed by atoms with Crippen LogP contribution in [-0.4, -0.2) is 48.6 Å². The largest absolute Gasteiger partial charge is 0.332 e. The Balaban J connectivity index is 1.36. The second-order valence-corrected chi connectivity index (χ2v) is 7.75. The van der Waals surface area contributed by atoms with Gasteiger partial charge in [-0.2, -0.15) is 5.10 Å². The zero-order valence-electron chi connectivity index (χ0n) is 15.3. The van der Waals surface area contributed by atoms with Gasteiger partial charge in [0.1, 0.15) is 5.92 Å². The zero-order chi connectivity index (χ0) is 19.5. The number of nitrogens with one attached hydrogen (secondary N) is 1. The molecule has 28 heavy (non-hydrogen) atoms. The molecular weight excluding hydrogens is 366 g/mol. The average Bonchev–Trinajstić information content (AvgIpc) is 2.96. The van der Waals surface area contributed by atoms with E-state index in [0.29, 0.717) is 12.4 Å². The van der Waals surface area contributed by atoms with E-state index >= 15 is 0 Å². The molecule has 146 valence electrons. The fraction of sp³-hybridized carbons (Fsp3) is 0.474. The minimum absolute atomic E-state index is 0.0291. The maximum atomic E-state index is 13.4. The Morgan fingerprint density at radius 2 is 2.18 bits per heavy atom. The number of hydrogen-bond donors (Lipinski definition) is 1. The third kappa shape index (κ3) is 2.94. The van der Waals surface area contributed by atoms with Crippen molar-refractivity contribution in [2.75, 3.05) is 5.32 Å². The summed E-state index contributed by atoms with van der Waals surface area (Å²) in [5, 5.41) is 7.22. The molecule has 0 unspecified atom stereocenters. The third-order valence-corrected chi connectivity index (χ3v) is 5.72. The lowest BCUT2D eigenvalue weighted by Gasteiger charge is -2.34. The number of hydrogen-bond acceptors (Lipinski definition) is 5. The molecule has 0 spiro atoms. The first-order chi connectivity index (χ1) is 13.4. The van der Waals surface area contributed by atoms with Gasteiger partial charge in [0, 0.05) is 31.9 Å². The second-order valence-electron chi connectivity index (χ2n) is 7.75. The van der Waals surface area contributed by atoms with Crippen molar-refractivity contribution in [3.8, 4) is 0 Å². The number of halogens is 2. The Morgan fingerprint density at radius 1 is 1.36 bits per heavy atom. The molecule has 2 aromatic rings. The highest BCUT2D eigenvalue weighted by Crippen LogP contribution is 2.51. The molecule has 3 aliphatic rings. The van der Waals surface area contributed by atoms with Crippen LogP contribution in [0.3, 0.4) is 0 Å². The van der Waals surface area contributed by atoms with Crippen LogP contribution in [-0.2, 0) is 11.8 Å². The smallest absolute Gasteiger partial charge is 0.260 e. The highest BCUT2D eigenvalue weighted by atomic mass is 19.3. The predicted molar refractivity (Wildman–Crippen MR) is 97.8 cm³/mol. The molecule has 1 aliphatic carbocycles. The summed E-state index contributed by atoms with van der Waals surface area (Å²) in [6, 6.07) is 1.69. The molecule has 3 atom stereocenters. The van der Waals surface area contributed by atoms with Gasteiger partial charge >= 0.3 is 0 Å². The van der Waals surface area contributed by atoms with E-state index in [4.69, 9.17) is 0 Å². The fourth-order valence-electron chi connectivity index (χ4n) is 4.24. The molecule has 1 amide bonds. The Kier molecular flexibility index (Phi) is 3.75. The summed E-state index contributed by atoms with van der Waals surface area (Å²) in [6.45, 7) is 0. The van der Waals surface area contributed by atoms with E-state index < -0.39 is 17.7 Å². The maximum absolute atomic E-state index is 13.4. The predicted octanol–water partition coefficient (Wildman–Crippen LogP) is 2.76. The minimum atomic E-state index is -2.82. The van der Waals surface area contributed by atoms with Crippen molar-refractivity contribution in [2.45, 2.75) is 43.7 Å². The molecule has 0 aromatic carbocycles. The number of carbonyl (C=O) groups excluding carboxylic acids is 1. The summed E-state index contributed by atoms with van der Waals surface area (Å²) in [7, 11) is 1.83. The van der Waals surface area contributed by atoms with Gasteiger partial charge in [-0.15, -0.1) is 0 Å². The minimum Gasteiger partial charge on any atom is -0.332 e. The highest BCUT2D eigenvalue weighted by Gasteiger charge is 2.63. The Labute approximate surface area is 160 Å². The molecule has 2 fully saturated rings. The first-order valence-electron chi connectivity index (χ1n) is 9.40. The molecule has 4 heterocycles. The zero-order valence-corrected chi connectivity index (χ0v) is 15.3. The van der Waals surface area contributed by atoms with Crippen LogP contribution in [0.15, 0.2) is 30.7 Å². The molecule has 9 heteroatoms. The first-order valence-corrected chi connectivity index (χ1v) is 9.40. The van der Waals surface area contributed by atoms with Crippen LogP contribution in [0.4, 0.5) is 20.4 Å². The number of nitrogens with zero attached hydrogens (tertiary/aromatic N) is 5. The van der Waals surface area contributed by atoms with E-state index in [-0.39, 0.29) is 18.5 Å². The lowest BCUT2D eigenvalue weighted by molar-refractivity contribution is -0.137. The fourth-order valence-corrected chi connectivity index (χ4v) is 4.24. The van der Waals surface area contributed by atoms with Crippen LogP contribution in [0.5, 0.6) is 0 Å². The monoisotopic (exact) mass is 386 g/mol. The summed E-state index contributed by atoms with van der Waals surface area (Å²) in [5.41, 5.74) is 2.62. The number of rotatable bonds is 4. The van der Waals surface area contributed by atoms with E-state index in [9.17, 15) is 13.6 Å². The van der Waals surface area contributed by atoms with Gasteiger partial charge in [0.05, 0.1) is 23.6 Å². The van der Waals surface area contributed by atoms with Crippen molar-refractivity contribution < 1.29 is 13.6 Å². The molecular formula is C19H20F2N6O. The third-order valence-electron chi connectivity index (χ3n) is 5.72. The number of anilines is 2. The quantitative estimate of drug-likeness (QED) is 0.875. The van der Waals surface area contributed by atoms with Gasteiger partial charge in [-0.05, 0) is 30.9 Å². The van der Waals surface area contributed by atoms with E-state index in [1.165, 1.54) is 0 Å². The molecule has 2 aliphatic heterocycles. The van der Waals surface area contributed by atoms with Crippen LogP contribution in [0.2, 0.25) is 0 Å². The normalized spacial score (nSPS) is 27.5. The number of alkyl halides is 2. The van der Waals surface area contributed by atoms with Gasteiger partial charge in [-0.1, -0.05) is 6.08 Å². The van der Waals surface area contributed by atoms with Gasteiger partial charge < -0.3 is 10.2 Å². The summed E-state index contributed by atoms with van der Waals surface area (Å²) in [4.78, 5) is 23.0. The second kappa shape index (κ2) is 6.08. The van der Waals surface area contributed by atoms with Gasteiger partial charge in [0.25, 0.3) is 5.92 Å². The lowest BCUT2D eigenvalue weighted by Crippen LogP contribution is -2.44. The maximum Gasteiger partial charge on any atom is 0.260 e. The number of carbonyl (C=O) groups is 1. The molecule has 0 radical (unpaired) electrons. The standard InChI is InChI=1S/C19H20F2N6O/c1-26-10-12(9-23-26)24-18-22-5-4-16(25-18)11-6-13-2-3-14(7-11)27(13)17(28)15-8-19(15,20)21/h4-6,9-10,13-15H,2-3,7-8H2,1H3,(H,22,24,25)/t13-,14+,15-/m0/s1. The van der Waals surface area contributed by atoms with Crippen LogP contribution in [0.25, 0.3) is 5.57 Å². The molecule has 1 saturated heterocycles. The van der Waals surface area contributed by atoms with Gasteiger partial charge in [-0.3, -0.25) is 9.48 Å².